The van der Waals surface area contributed by atoms with E-state index < -0.39 is 39.7 Å². The third-order valence-electron chi connectivity index (χ3n) is 3.95. The summed E-state index contributed by atoms with van der Waals surface area (Å²) in [6.07, 6.45) is 3.09. The fourth-order valence-electron chi connectivity index (χ4n) is 2.47. The first-order chi connectivity index (χ1) is 13.8. The van der Waals surface area contributed by atoms with Crippen molar-refractivity contribution in [2.75, 3.05) is 11.9 Å². The molecule has 0 saturated heterocycles. The minimum absolute atomic E-state index is 0.390. The number of amides is 1. The van der Waals surface area contributed by atoms with Crippen molar-refractivity contribution >= 4 is 28.9 Å². The van der Waals surface area contributed by atoms with Gasteiger partial charge in [0.05, 0.1) is 21.5 Å². The molecule has 0 aliphatic rings. The topological polar surface area (TPSA) is 142 Å². The van der Waals surface area contributed by atoms with Crippen LogP contribution in [0.2, 0.25) is 0 Å². The average Bonchev–Trinajstić information content (AvgIpc) is 2.71. The van der Waals surface area contributed by atoms with E-state index in [2.05, 4.69) is 12.2 Å². The fraction of sp³-hybridized carbons (Fsp3) is 0.263. The number of nitro groups is 2. The van der Waals surface area contributed by atoms with Crippen LogP contribution in [0.25, 0.3) is 0 Å². The van der Waals surface area contributed by atoms with Gasteiger partial charge in [-0.1, -0.05) is 25.5 Å². The fourth-order valence-corrected chi connectivity index (χ4v) is 2.47. The minimum Gasteiger partial charge on any atom is -0.452 e. The molecular weight excluding hydrogens is 382 g/mol. The lowest BCUT2D eigenvalue weighted by atomic mass is 10.1. The lowest BCUT2D eigenvalue weighted by molar-refractivity contribution is -0.394. The number of hydrogen-bond donors (Lipinski definition) is 1. The number of hydrogen-bond acceptors (Lipinski definition) is 7. The largest absolute Gasteiger partial charge is 0.452 e. The van der Waals surface area contributed by atoms with Crippen molar-refractivity contribution in [2.24, 2.45) is 0 Å². The van der Waals surface area contributed by atoms with Gasteiger partial charge in [0.2, 0.25) is 0 Å². The average molecular weight is 401 g/mol. The first-order valence-electron chi connectivity index (χ1n) is 8.80. The Kier molecular flexibility index (Phi) is 7.35. The molecule has 0 unspecified atom stereocenters. The lowest BCUT2D eigenvalue weighted by Crippen LogP contribution is -2.21. The SMILES string of the molecule is CCCCc1ccc(NC(=O)COC(=O)c2cc([N+](=O)[O-])cc([N+](=O)[O-])c2)cc1. The molecule has 10 heteroatoms. The number of nitrogens with one attached hydrogen (secondary N) is 1. The Balaban J connectivity index is 1.97. The summed E-state index contributed by atoms with van der Waals surface area (Å²) in [5, 5.41) is 24.3. The molecular formula is C19H19N3O7. The maximum Gasteiger partial charge on any atom is 0.339 e. The Labute approximate surface area is 165 Å². The van der Waals surface area contributed by atoms with Crippen molar-refractivity contribution in [1.82, 2.24) is 0 Å². The molecule has 0 aromatic heterocycles. The van der Waals surface area contributed by atoms with Crippen LogP contribution in [0.4, 0.5) is 17.1 Å². The number of nitrogens with zero attached hydrogens (tertiary/aromatic N) is 2. The van der Waals surface area contributed by atoms with Gasteiger partial charge in [-0.25, -0.2) is 4.79 Å². The second-order valence-corrected chi connectivity index (χ2v) is 6.18. The van der Waals surface area contributed by atoms with E-state index in [1.54, 1.807) is 12.1 Å². The van der Waals surface area contributed by atoms with Gasteiger partial charge in [0.25, 0.3) is 17.3 Å². The van der Waals surface area contributed by atoms with Crippen LogP contribution in [-0.4, -0.2) is 28.3 Å². The van der Waals surface area contributed by atoms with Gasteiger partial charge in [-0.3, -0.25) is 25.0 Å². The van der Waals surface area contributed by atoms with Crippen LogP contribution >= 0.6 is 0 Å². The van der Waals surface area contributed by atoms with Crippen molar-refractivity contribution in [2.45, 2.75) is 26.2 Å². The number of carbonyl (C=O) groups is 2. The van der Waals surface area contributed by atoms with E-state index >= 15 is 0 Å². The van der Waals surface area contributed by atoms with Crippen LogP contribution in [0.3, 0.4) is 0 Å². The standard InChI is InChI=1S/C19H19N3O7/c1-2-3-4-13-5-7-15(8-6-13)20-18(23)12-29-19(24)14-9-16(21(25)26)11-17(10-14)22(27)28/h5-11H,2-4,12H2,1H3,(H,20,23). The Morgan fingerprint density at radius 2 is 1.59 bits per heavy atom. The number of benzene rings is 2. The van der Waals surface area contributed by atoms with Gasteiger partial charge in [-0.2, -0.15) is 0 Å². The van der Waals surface area contributed by atoms with Crippen molar-refractivity contribution < 1.29 is 24.2 Å². The predicted octanol–water partition coefficient (Wildman–Crippen LogP) is 3.64. The third-order valence-corrected chi connectivity index (χ3v) is 3.95. The van der Waals surface area contributed by atoms with Crippen LogP contribution in [0.5, 0.6) is 0 Å². The molecule has 1 amide bonds. The van der Waals surface area contributed by atoms with Gasteiger partial charge in [0.15, 0.2) is 6.61 Å². The van der Waals surface area contributed by atoms with Crippen molar-refractivity contribution in [3.05, 3.63) is 73.8 Å². The summed E-state index contributed by atoms with van der Waals surface area (Å²) in [5.41, 5.74) is 0.0253. The maximum absolute atomic E-state index is 12.0. The zero-order valence-electron chi connectivity index (χ0n) is 15.6. The highest BCUT2D eigenvalue weighted by Crippen LogP contribution is 2.23. The molecule has 0 atom stereocenters. The van der Waals surface area contributed by atoms with Crippen molar-refractivity contribution in [1.29, 1.82) is 0 Å². The lowest BCUT2D eigenvalue weighted by Gasteiger charge is -2.08. The zero-order valence-corrected chi connectivity index (χ0v) is 15.6. The summed E-state index contributed by atoms with van der Waals surface area (Å²) in [6.45, 7) is 1.45. The molecule has 0 bridgehead atoms. The Bertz CT molecular complexity index is 894. The molecule has 0 saturated carbocycles. The molecule has 0 radical (unpaired) electrons. The minimum atomic E-state index is -1.08. The number of ether oxygens (including phenoxy) is 1. The number of non-ortho nitro benzene ring substituents is 2. The first kappa shape index (κ1) is 21.5. The number of carbonyl (C=O) groups excluding carboxylic acids is 2. The molecule has 29 heavy (non-hydrogen) atoms. The molecule has 0 fully saturated rings. The van der Waals surface area contributed by atoms with E-state index in [1.807, 2.05) is 12.1 Å². The van der Waals surface area contributed by atoms with Gasteiger partial charge < -0.3 is 10.1 Å². The van der Waals surface area contributed by atoms with E-state index in [-0.39, 0.29) is 5.56 Å². The summed E-state index contributed by atoms with van der Waals surface area (Å²) in [7, 11) is 0. The van der Waals surface area contributed by atoms with Crippen molar-refractivity contribution in [3.8, 4) is 0 Å². The van der Waals surface area contributed by atoms with Crippen LogP contribution in [0.15, 0.2) is 42.5 Å². The molecule has 2 aromatic rings. The van der Waals surface area contributed by atoms with Gasteiger partial charge in [0, 0.05) is 17.8 Å². The normalized spacial score (nSPS) is 10.2. The van der Waals surface area contributed by atoms with E-state index in [9.17, 15) is 29.8 Å². The molecule has 2 rings (SSSR count). The van der Waals surface area contributed by atoms with E-state index in [0.29, 0.717) is 5.69 Å². The highest BCUT2D eigenvalue weighted by Gasteiger charge is 2.21. The number of aryl methyl sites for hydroxylation is 1. The monoisotopic (exact) mass is 401 g/mol. The van der Waals surface area contributed by atoms with Gasteiger partial charge in [-0.15, -0.1) is 0 Å². The highest BCUT2D eigenvalue weighted by atomic mass is 16.6. The maximum atomic E-state index is 12.0. The zero-order chi connectivity index (χ0) is 21.4. The first-order valence-corrected chi connectivity index (χ1v) is 8.80. The summed E-state index contributed by atoms with van der Waals surface area (Å²) in [5.74, 6) is -1.69. The summed E-state index contributed by atoms with van der Waals surface area (Å²) in [6, 6.07) is 9.67. The molecule has 2 aromatic carbocycles. The smallest absolute Gasteiger partial charge is 0.339 e. The highest BCUT2D eigenvalue weighted by molar-refractivity contribution is 5.96. The second kappa shape index (κ2) is 9.93. The Morgan fingerprint density at radius 1 is 1.00 bits per heavy atom. The van der Waals surface area contributed by atoms with Crippen molar-refractivity contribution in [3.63, 3.8) is 0 Å². The van der Waals surface area contributed by atoms with Crippen LogP contribution in [-0.2, 0) is 16.0 Å². The van der Waals surface area contributed by atoms with Crippen LogP contribution < -0.4 is 5.32 Å². The predicted molar refractivity (Wildman–Crippen MR) is 104 cm³/mol. The molecule has 0 aliphatic heterocycles. The number of unbranched alkanes of at least 4 members (excludes halogenated alkanes) is 1. The number of esters is 1. The van der Waals surface area contributed by atoms with Crippen LogP contribution in [0.1, 0.15) is 35.7 Å². The van der Waals surface area contributed by atoms with Gasteiger partial charge in [-0.05, 0) is 30.5 Å². The molecule has 152 valence electrons. The summed E-state index contributed by atoms with van der Waals surface area (Å²) >= 11 is 0. The summed E-state index contributed by atoms with van der Waals surface area (Å²) < 4.78 is 4.81. The Hall–Kier alpha value is -3.82. The molecule has 0 spiro atoms. The molecule has 10 nitrogen and oxygen atoms in total. The molecule has 1 N–H and O–H groups in total. The Morgan fingerprint density at radius 3 is 2.10 bits per heavy atom. The number of anilines is 1. The number of nitro benzene ring substituents is 2. The molecule has 0 aliphatic carbocycles. The van der Waals surface area contributed by atoms with E-state index in [4.69, 9.17) is 4.74 Å². The number of rotatable bonds is 9. The third kappa shape index (κ3) is 6.38. The molecule has 0 heterocycles. The van der Waals surface area contributed by atoms with E-state index in [1.165, 1.54) is 0 Å². The van der Waals surface area contributed by atoms with E-state index in [0.717, 1.165) is 43.0 Å². The van der Waals surface area contributed by atoms with Gasteiger partial charge in [0.1, 0.15) is 0 Å². The van der Waals surface area contributed by atoms with Gasteiger partial charge >= 0.3 is 5.97 Å². The van der Waals surface area contributed by atoms with Crippen LogP contribution in [0, 0.1) is 20.2 Å². The quantitative estimate of drug-likeness (QED) is 0.384. The summed E-state index contributed by atoms with van der Waals surface area (Å²) in [4.78, 5) is 44.0. The second-order valence-electron chi connectivity index (χ2n) is 6.18.